The molecule has 0 radical (unpaired) electrons. The number of piperazine rings is 1. The highest BCUT2D eigenvalue weighted by Crippen LogP contribution is 2.45. The normalized spacial score (nSPS) is 29.4. The number of nitrogens with zero attached hydrogens (tertiary/aromatic N) is 2. The monoisotopic (exact) mass is 428 g/mol. The number of carbonyl (C=O) groups excluding carboxylic acids is 2. The van der Waals surface area contributed by atoms with Crippen molar-refractivity contribution < 1.29 is 14.0 Å². The Morgan fingerprint density at radius 2 is 2.03 bits per heavy atom. The molecule has 2 aliphatic carbocycles. The average molecular weight is 429 g/mol. The second-order valence-electron chi connectivity index (χ2n) is 10.0. The zero-order valence-electron chi connectivity index (χ0n) is 18.5. The molecule has 2 heterocycles. The maximum Gasteiger partial charge on any atom is 0.243 e. The van der Waals surface area contributed by atoms with Crippen molar-refractivity contribution in [1.29, 1.82) is 0 Å². The summed E-state index contributed by atoms with van der Waals surface area (Å²) in [7, 11) is 0. The molecule has 2 amide bonds. The molecule has 2 N–H and O–H groups in total. The number of rotatable bonds is 3. The number of amides is 2. The van der Waals surface area contributed by atoms with Crippen LogP contribution in [0.1, 0.15) is 56.6 Å². The Kier molecular flexibility index (Phi) is 5.19. The fourth-order valence-electron chi connectivity index (χ4n) is 6.04. The predicted octanol–water partition coefficient (Wildman–Crippen LogP) is 2.59. The third kappa shape index (κ3) is 3.81. The SMILES string of the molecule is CC(=O)N1CCN(C2CCC[C@@H](NC(=O)C3Cc4c(F)ccc(C)c4N3)C2)CC12CC2. The largest absolute Gasteiger partial charge is 0.373 e. The number of halogens is 1. The van der Waals surface area contributed by atoms with Crippen LogP contribution in [-0.4, -0.2) is 64.9 Å². The second-order valence-corrected chi connectivity index (χ2v) is 10.0. The number of anilines is 1. The molecule has 2 aliphatic heterocycles. The van der Waals surface area contributed by atoms with Gasteiger partial charge in [0.1, 0.15) is 11.9 Å². The minimum Gasteiger partial charge on any atom is -0.373 e. The summed E-state index contributed by atoms with van der Waals surface area (Å²) in [6, 6.07) is 3.45. The maximum atomic E-state index is 14.2. The lowest BCUT2D eigenvalue weighted by molar-refractivity contribution is -0.136. The molecule has 1 spiro atoms. The number of benzene rings is 1. The molecule has 2 unspecified atom stereocenters. The molecule has 1 aromatic rings. The van der Waals surface area contributed by atoms with E-state index in [1.54, 1.807) is 13.0 Å². The smallest absolute Gasteiger partial charge is 0.243 e. The van der Waals surface area contributed by atoms with Crippen LogP contribution < -0.4 is 10.6 Å². The summed E-state index contributed by atoms with van der Waals surface area (Å²) in [6.07, 6.45) is 6.82. The highest BCUT2D eigenvalue weighted by molar-refractivity contribution is 5.88. The standard InChI is InChI=1S/C24H33FN4O2/c1-15-6-7-20(25)19-13-21(27-22(15)19)23(31)26-17-4-3-5-18(12-17)28-10-11-29(16(2)30)24(14-28)8-9-24/h6-7,17-18,21,27H,3-5,8-14H2,1-2H3,(H,26,31)/t17-,18?,21?/m1/s1. The zero-order chi connectivity index (χ0) is 21.8. The van der Waals surface area contributed by atoms with Crippen LogP contribution in [0.3, 0.4) is 0 Å². The third-order valence-electron chi connectivity index (χ3n) is 7.90. The molecule has 0 aromatic heterocycles. The van der Waals surface area contributed by atoms with Gasteiger partial charge in [0.05, 0.1) is 5.54 Å². The van der Waals surface area contributed by atoms with E-state index in [2.05, 4.69) is 20.4 Å². The van der Waals surface area contributed by atoms with Gasteiger partial charge in [0, 0.05) is 56.3 Å². The predicted molar refractivity (Wildman–Crippen MR) is 117 cm³/mol. The summed E-state index contributed by atoms with van der Waals surface area (Å²) in [5.41, 5.74) is 2.45. The van der Waals surface area contributed by atoms with Crippen LogP contribution >= 0.6 is 0 Å². The van der Waals surface area contributed by atoms with Gasteiger partial charge in [-0.1, -0.05) is 6.07 Å². The van der Waals surface area contributed by atoms with E-state index >= 15 is 0 Å². The number of aryl methyl sites for hydroxylation is 1. The molecule has 1 saturated heterocycles. The molecule has 3 atom stereocenters. The average Bonchev–Trinajstić information content (AvgIpc) is 3.34. The summed E-state index contributed by atoms with van der Waals surface area (Å²) in [4.78, 5) is 29.6. The molecule has 3 fully saturated rings. The Bertz CT molecular complexity index is 869. The van der Waals surface area contributed by atoms with Crippen LogP contribution in [0.25, 0.3) is 0 Å². The van der Waals surface area contributed by atoms with Crippen LogP contribution in [0.5, 0.6) is 0 Å². The lowest BCUT2D eigenvalue weighted by Gasteiger charge is -2.47. The lowest BCUT2D eigenvalue weighted by atomic mass is 9.88. The van der Waals surface area contributed by atoms with E-state index < -0.39 is 6.04 Å². The molecule has 31 heavy (non-hydrogen) atoms. The molecule has 5 rings (SSSR count). The van der Waals surface area contributed by atoms with Crippen LogP contribution in [0.15, 0.2) is 12.1 Å². The van der Waals surface area contributed by atoms with E-state index in [9.17, 15) is 14.0 Å². The van der Waals surface area contributed by atoms with E-state index in [1.807, 2.05) is 6.92 Å². The molecule has 0 bridgehead atoms. The molecule has 168 valence electrons. The van der Waals surface area contributed by atoms with E-state index in [1.165, 1.54) is 6.07 Å². The van der Waals surface area contributed by atoms with Crippen molar-refractivity contribution in [3.8, 4) is 0 Å². The summed E-state index contributed by atoms with van der Waals surface area (Å²) in [6.45, 7) is 6.33. The van der Waals surface area contributed by atoms with Crippen molar-refractivity contribution >= 4 is 17.5 Å². The minimum atomic E-state index is -0.403. The summed E-state index contributed by atoms with van der Waals surface area (Å²) in [5, 5.41) is 6.49. The van der Waals surface area contributed by atoms with Crippen molar-refractivity contribution in [2.75, 3.05) is 25.0 Å². The van der Waals surface area contributed by atoms with E-state index in [4.69, 9.17) is 0 Å². The molecule has 6 nitrogen and oxygen atoms in total. The van der Waals surface area contributed by atoms with Gasteiger partial charge in [0.25, 0.3) is 0 Å². The molecular weight excluding hydrogens is 395 g/mol. The van der Waals surface area contributed by atoms with Gasteiger partial charge in [-0.2, -0.15) is 0 Å². The van der Waals surface area contributed by atoms with Crippen LogP contribution in [-0.2, 0) is 16.0 Å². The zero-order valence-corrected chi connectivity index (χ0v) is 18.5. The Morgan fingerprint density at radius 3 is 2.74 bits per heavy atom. The van der Waals surface area contributed by atoms with Crippen molar-refractivity contribution in [1.82, 2.24) is 15.1 Å². The van der Waals surface area contributed by atoms with E-state index in [0.717, 1.165) is 69.4 Å². The summed E-state index contributed by atoms with van der Waals surface area (Å²) >= 11 is 0. The molecule has 2 saturated carbocycles. The second kappa shape index (κ2) is 7.76. The van der Waals surface area contributed by atoms with Gasteiger partial charge in [-0.15, -0.1) is 0 Å². The van der Waals surface area contributed by atoms with Crippen molar-refractivity contribution in [2.45, 2.75) is 82.5 Å². The molecule has 4 aliphatic rings. The van der Waals surface area contributed by atoms with Gasteiger partial charge in [-0.25, -0.2) is 4.39 Å². The van der Waals surface area contributed by atoms with Gasteiger partial charge in [0.2, 0.25) is 11.8 Å². The Balaban J connectivity index is 1.18. The Hall–Kier alpha value is -2.15. The maximum absolute atomic E-state index is 14.2. The van der Waals surface area contributed by atoms with Crippen molar-refractivity contribution in [3.05, 3.63) is 29.1 Å². The molecular formula is C24H33FN4O2. The first-order chi connectivity index (χ1) is 14.9. The lowest BCUT2D eigenvalue weighted by Crippen LogP contribution is -2.60. The summed E-state index contributed by atoms with van der Waals surface area (Å²) < 4.78 is 14.2. The highest BCUT2D eigenvalue weighted by atomic mass is 19.1. The van der Waals surface area contributed by atoms with Crippen LogP contribution in [0.2, 0.25) is 0 Å². The summed E-state index contributed by atoms with van der Waals surface area (Å²) in [5.74, 6) is -0.0665. The first-order valence-corrected chi connectivity index (χ1v) is 11.7. The van der Waals surface area contributed by atoms with Crippen molar-refractivity contribution in [3.63, 3.8) is 0 Å². The third-order valence-corrected chi connectivity index (χ3v) is 7.90. The Labute approximate surface area is 183 Å². The number of hydrogen-bond acceptors (Lipinski definition) is 4. The van der Waals surface area contributed by atoms with Gasteiger partial charge in [0.15, 0.2) is 0 Å². The molecule has 7 heteroatoms. The minimum absolute atomic E-state index is 0.0271. The number of carbonyl (C=O) groups is 2. The highest BCUT2D eigenvalue weighted by Gasteiger charge is 2.53. The Morgan fingerprint density at radius 1 is 1.23 bits per heavy atom. The quantitative estimate of drug-likeness (QED) is 0.777. The van der Waals surface area contributed by atoms with Gasteiger partial charge in [-0.3, -0.25) is 14.5 Å². The molecule has 1 aromatic carbocycles. The van der Waals surface area contributed by atoms with E-state index in [-0.39, 0.29) is 29.2 Å². The first-order valence-electron chi connectivity index (χ1n) is 11.7. The van der Waals surface area contributed by atoms with Crippen molar-refractivity contribution in [2.24, 2.45) is 0 Å². The number of fused-ring (bicyclic) bond motifs is 1. The van der Waals surface area contributed by atoms with Crippen LogP contribution in [0.4, 0.5) is 10.1 Å². The van der Waals surface area contributed by atoms with E-state index in [0.29, 0.717) is 18.0 Å². The number of hydrogen-bond donors (Lipinski definition) is 2. The van der Waals surface area contributed by atoms with Gasteiger partial charge in [-0.05, 0) is 57.1 Å². The topological polar surface area (TPSA) is 64.7 Å². The first kappa shape index (κ1) is 20.7. The fourth-order valence-corrected chi connectivity index (χ4v) is 6.04. The number of nitrogens with one attached hydrogen (secondary N) is 2. The van der Waals surface area contributed by atoms with Crippen LogP contribution in [0, 0.1) is 12.7 Å². The van der Waals surface area contributed by atoms with Gasteiger partial charge >= 0.3 is 0 Å². The fraction of sp³-hybridized carbons (Fsp3) is 0.667. The van der Waals surface area contributed by atoms with Gasteiger partial charge < -0.3 is 15.5 Å².